The summed E-state index contributed by atoms with van der Waals surface area (Å²) in [5, 5.41) is 8.51. The molecule has 2 aliphatic carbocycles. The molecule has 5 nitrogen and oxygen atoms in total. The van der Waals surface area contributed by atoms with Gasteiger partial charge in [0.2, 0.25) is 10.0 Å². The van der Waals surface area contributed by atoms with Crippen molar-refractivity contribution in [1.82, 2.24) is 4.72 Å². The number of sulfonamides is 1. The second kappa shape index (κ2) is 5.27. The Kier molecular flexibility index (Phi) is 3.59. The average Bonchev–Trinajstić information content (AvgIpc) is 3.14. The van der Waals surface area contributed by atoms with Crippen LogP contribution in [0.5, 0.6) is 0 Å². The van der Waals surface area contributed by atoms with Gasteiger partial charge in [0.25, 0.3) is 0 Å². The van der Waals surface area contributed by atoms with Gasteiger partial charge in [-0.3, -0.25) is 4.79 Å². The van der Waals surface area contributed by atoms with Crippen LogP contribution in [0.25, 0.3) is 0 Å². The number of carboxylic acids is 1. The zero-order valence-electron chi connectivity index (χ0n) is 11.3. The zero-order valence-corrected chi connectivity index (χ0v) is 12.2. The molecule has 21 heavy (non-hydrogen) atoms. The molecule has 2 unspecified atom stereocenters. The molecule has 3 rings (SSSR count). The summed E-state index contributed by atoms with van der Waals surface area (Å²) in [5.74, 6) is -1.47. The molecule has 0 spiro atoms. The lowest BCUT2D eigenvalue weighted by Gasteiger charge is -2.12. The normalized spacial score (nSPS) is 31.2. The first-order valence-electron chi connectivity index (χ1n) is 6.94. The summed E-state index contributed by atoms with van der Waals surface area (Å²) in [4.78, 5) is 10.9. The second-order valence-electron chi connectivity index (χ2n) is 5.63. The quantitative estimate of drug-likeness (QED) is 0.807. The van der Waals surface area contributed by atoms with E-state index in [9.17, 15) is 13.2 Å². The Bertz CT molecular complexity index is 668. The molecule has 112 valence electrons. The van der Waals surface area contributed by atoms with E-state index in [-0.39, 0.29) is 12.3 Å². The van der Waals surface area contributed by atoms with Crippen LogP contribution in [-0.4, -0.2) is 30.8 Å². The average molecular weight is 307 g/mol. The second-order valence-corrected chi connectivity index (χ2v) is 7.56. The van der Waals surface area contributed by atoms with Crippen LogP contribution in [0.3, 0.4) is 0 Å². The SMILES string of the molecule is O=C(O)C1C=CC(NS(=O)(=O)[C@@H]2C[C@H]2c2ccccc2)C1. The molecule has 1 saturated carbocycles. The van der Waals surface area contributed by atoms with E-state index in [2.05, 4.69) is 4.72 Å². The molecule has 1 fully saturated rings. The lowest BCUT2D eigenvalue weighted by molar-refractivity contribution is -0.140. The van der Waals surface area contributed by atoms with Crippen LogP contribution in [0.1, 0.15) is 24.3 Å². The van der Waals surface area contributed by atoms with Gasteiger partial charge in [-0.1, -0.05) is 42.5 Å². The van der Waals surface area contributed by atoms with Gasteiger partial charge < -0.3 is 5.11 Å². The van der Waals surface area contributed by atoms with Gasteiger partial charge in [-0.2, -0.15) is 0 Å². The van der Waals surface area contributed by atoms with E-state index in [0.717, 1.165) is 5.56 Å². The van der Waals surface area contributed by atoms with Crippen molar-refractivity contribution in [2.45, 2.75) is 30.1 Å². The fourth-order valence-corrected chi connectivity index (χ4v) is 4.66. The van der Waals surface area contributed by atoms with Gasteiger partial charge in [0, 0.05) is 12.0 Å². The predicted molar refractivity (Wildman–Crippen MR) is 78.3 cm³/mol. The van der Waals surface area contributed by atoms with Crippen molar-refractivity contribution in [3.8, 4) is 0 Å². The van der Waals surface area contributed by atoms with E-state index in [1.165, 1.54) is 0 Å². The van der Waals surface area contributed by atoms with Gasteiger partial charge in [-0.05, 0) is 18.4 Å². The molecule has 1 aromatic carbocycles. The Morgan fingerprint density at radius 2 is 1.86 bits per heavy atom. The van der Waals surface area contributed by atoms with Crippen molar-refractivity contribution < 1.29 is 18.3 Å². The van der Waals surface area contributed by atoms with Crippen LogP contribution >= 0.6 is 0 Å². The van der Waals surface area contributed by atoms with Crippen LogP contribution in [0.15, 0.2) is 42.5 Å². The number of nitrogens with one attached hydrogen (secondary N) is 1. The highest BCUT2D eigenvalue weighted by Crippen LogP contribution is 2.45. The van der Waals surface area contributed by atoms with Gasteiger partial charge in [0.1, 0.15) is 0 Å². The Hall–Kier alpha value is -1.66. The Morgan fingerprint density at radius 1 is 1.14 bits per heavy atom. The van der Waals surface area contributed by atoms with E-state index in [4.69, 9.17) is 5.11 Å². The molecule has 0 heterocycles. The smallest absolute Gasteiger partial charge is 0.310 e. The lowest BCUT2D eigenvalue weighted by Crippen LogP contribution is -2.36. The van der Waals surface area contributed by atoms with Crippen molar-refractivity contribution >= 4 is 16.0 Å². The largest absolute Gasteiger partial charge is 0.481 e. The highest BCUT2D eigenvalue weighted by molar-refractivity contribution is 7.90. The highest BCUT2D eigenvalue weighted by atomic mass is 32.2. The molecule has 4 atom stereocenters. The molecule has 0 bridgehead atoms. The maximum Gasteiger partial charge on any atom is 0.310 e. The number of carboxylic acid groups (broad SMARTS) is 1. The number of rotatable bonds is 5. The van der Waals surface area contributed by atoms with E-state index in [1.54, 1.807) is 12.2 Å². The zero-order chi connectivity index (χ0) is 15.0. The summed E-state index contributed by atoms with van der Waals surface area (Å²) in [6.45, 7) is 0. The Labute approximate surface area is 123 Å². The molecule has 0 aromatic heterocycles. The fraction of sp³-hybridized carbons (Fsp3) is 0.400. The van der Waals surface area contributed by atoms with E-state index in [0.29, 0.717) is 6.42 Å². The van der Waals surface area contributed by atoms with E-state index in [1.807, 2.05) is 30.3 Å². The van der Waals surface area contributed by atoms with Gasteiger partial charge in [-0.25, -0.2) is 13.1 Å². The van der Waals surface area contributed by atoms with Crippen LogP contribution in [0.2, 0.25) is 0 Å². The van der Waals surface area contributed by atoms with Crippen molar-refractivity contribution in [3.63, 3.8) is 0 Å². The van der Waals surface area contributed by atoms with Crippen LogP contribution in [-0.2, 0) is 14.8 Å². The first kappa shape index (κ1) is 14.3. The van der Waals surface area contributed by atoms with Crippen molar-refractivity contribution in [2.24, 2.45) is 5.92 Å². The van der Waals surface area contributed by atoms with E-state index < -0.39 is 33.2 Å². The number of benzene rings is 1. The predicted octanol–water partition coefficient (Wildman–Crippen LogP) is 1.49. The minimum Gasteiger partial charge on any atom is -0.481 e. The topological polar surface area (TPSA) is 83.5 Å². The van der Waals surface area contributed by atoms with Gasteiger partial charge in [0.15, 0.2) is 0 Å². The minimum atomic E-state index is -3.41. The maximum absolute atomic E-state index is 12.3. The monoisotopic (exact) mass is 307 g/mol. The molecule has 2 aliphatic rings. The third kappa shape index (κ3) is 3.01. The Balaban J connectivity index is 1.62. The molecule has 6 heteroatoms. The van der Waals surface area contributed by atoms with Gasteiger partial charge in [-0.15, -0.1) is 0 Å². The summed E-state index contributed by atoms with van der Waals surface area (Å²) < 4.78 is 27.3. The summed E-state index contributed by atoms with van der Waals surface area (Å²) in [6.07, 6.45) is 4.10. The van der Waals surface area contributed by atoms with Gasteiger partial charge in [0.05, 0.1) is 11.2 Å². The summed E-state index contributed by atoms with van der Waals surface area (Å²) in [7, 11) is -3.41. The van der Waals surface area contributed by atoms with Crippen LogP contribution in [0, 0.1) is 5.92 Å². The molecule has 0 amide bonds. The summed E-state index contributed by atoms with van der Waals surface area (Å²) >= 11 is 0. The van der Waals surface area contributed by atoms with Crippen molar-refractivity contribution in [1.29, 1.82) is 0 Å². The fourth-order valence-electron chi connectivity index (χ4n) is 2.83. The summed E-state index contributed by atoms with van der Waals surface area (Å²) in [5.41, 5.74) is 1.04. The first-order chi connectivity index (χ1) is 9.97. The molecule has 1 aromatic rings. The highest BCUT2D eigenvalue weighted by Gasteiger charge is 2.48. The molecule has 0 radical (unpaired) electrons. The minimum absolute atomic E-state index is 0.0457. The number of carbonyl (C=O) groups is 1. The maximum atomic E-state index is 12.3. The third-order valence-electron chi connectivity index (χ3n) is 4.07. The summed E-state index contributed by atoms with van der Waals surface area (Å²) in [6, 6.07) is 9.19. The molecular weight excluding hydrogens is 290 g/mol. The third-order valence-corrected chi connectivity index (χ3v) is 6.02. The van der Waals surface area contributed by atoms with Crippen LogP contribution in [0.4, 0.5) is 0 Å². The van der Waals surface area contributed by atoms with Crippen molar-refractivity contribution in [2.75, 3.05) is 0 Å². The first-order valence-corrected chi connectivity index (χ1v) is 8.49. The van der Waals surface area contributed by atoms with Crippen LogP contribution < -0.4 is 4.72 Å². The molecular formula is C15H17NO4S. The van der Waals surface area contributed by atoms with Gasteiger partial charge >= 0.3 is 5.97 Å². The standard InChI is InChI=1S/C15H17NO4S/c17-15(18)11-6-7-12(8-11)16-21(19,20)14-9-13(14)10-4-2-1-3-5-10/h1-7,11-14,16H,8-9H2,(H,17,18)/t11?,12?,13-,14+/m0/s1. The Morgan fingerprint density at radius 3 is 2.48 bits per heavy atom. The molecule has 0 aliphatic heterocycles. The van der Waals surface area contributed by atoms with E-state index >= 15 is 0 Å². The lowest BCUT2D eigenvalue weighted by atomic mass is 10.1. The number of hydrogen-bond donors (Lipinski definition) is 2. The molecule has 2 N–H and O–H groups in total. The molecule has 0 saturated heterocycles. The number of aliphatic carboxylic acids is 1. The number of hydrogen-bond acceptors (Lipinski definition) is 3. The van der Waals surface area contributed by atoms with Crippen molar-refractivity contribution in [3.05, 3.63) is 48.0 Å².